The smallest absolute Gasteiger partial charge is 0.136 e. The minimum absolute atomic E-state index is 0.880. The average molecular weight is 816 g/mol. The molecule has 1 heterocycles. The fourth-order valence-electron chi connectivity index (χ4n) is 9.67. The molecule has 1 aromatic heterocycles. The third-order valence-electron chi connectivity index (χ3n) is 12.7. The lowest BCUT2D eigenvalue weighted by Gasteiger charge is -2.28. The van der Waals surface area contributed by atoms with E-state index in [9.17, 15) is 0 Å². The third kappa shape index (κ3) is 6.52. The van der Waals surface area contributed by atoms with Gasteiger partial charge in [0.25, 0.3) is 0 Å². The van der Waals surface area contributed by atoms with Crippen molar-refractivity contribution in [1.82, 2.24) is 0 Å². The molecule has 0 spiro atoms. The highest BCUT2D eigenvalue weighted by molar-refractivity contribution is 6.14. The van der Waals surface area contributed by atoms with Crippen LogP contribution in [0.1, 0.15) is 0 Å². The van der Waals surface area contributed by atoms with Crippen LogP contribution in [0.25, 0.3) is 99.1 Å². The van der Waals surface area contributed by atoms with Gasteiger partial charge in [-0.15, -0.1) is 0 Å². The predicted octanol–water partition coefficient (Wildman–Crippen LogP) is 17.7. The maximum Gasteiger partial charge on any atom is 0.136 e. The van der Waals surface area contributed by atoms with Crippen LogP contribution in [0.5, 0.6) is 0 Å². The molecule has 0 aliphatic rings. The number of para-hydroxylation sites is 2. The molecule has 0 fully saturated rings. The summed E-state index contributed by atoms with van der Waals surface area (Å²) >= 11 is 0. The summed E-state index contributed by atoms with van der Waals surface area (Å²) in [5.41, 5.74) is 16.8. The average Bonchev–Trinajstić information content (AvgIpc) is 3.76. The molecule has 2 heteroatoms. The van der Waals surface area contributed by atoms with E-state index in [4.69, 9.17) is 4.42 Å². The van der Waals surface area contributed by atoms with Crippen LogP contribution in [-0.2, 0) is 0 Å². The van der Waals surface area contributed by atoms with Crippen molar-refractivity contribution < 1.29 is 4.42 Å². The lowest BCUT2D eigenvalue weighted by atomic mass is 9.91. The van der Waals surface area contributed by atoms with Gasteiger partial charge in [0.1, 0.15) is 11.2 Å². The molecule has 0 aliphatic heterocycles. The summed E-state index contributed by atoms with van der Waals surface area (Å²) in [6.07, 6.45) is 0. The Balaban J connectivity index is 0.966. The molecule has 2 nitrogen and oxygen atoms in total. The Hall–Kier alpha value is -8.46. The minimum Gasteiger partial charge on any atom is -0.456 e. The van der Waals surface area contributed by atoms with Gasteiger partial charge in [-0.2, -0.15) is 0 Å². The van der Waals surface area contributed by atoms with E-state index in [1.165, 1.54) is 54.9 Å². The first kappa shape index (κ1) is 37.3. The van der Waals surface area contributed by atoms with Crippen molar-refractivity contribution in [2.75, 3.05) is 4.90 Å². The molecule has 12 rings (SSSR count). The van der Waals surface area contributed by atoms with Crippen LogP contribution in [0.15, 0.2) is 253 Å². The third-order valence-corrected chi connectivity index (χ3v) is 12.7. The second kappa shape index (κ2) is 15.8. The van der Waals surface area contributed by atoms with Crippen molar-refractivity contribution >= 4 is 60.5 Å². The number of hydrogen-bond donors (Lipinski definition) is 0. The minimum atomic E-state index is 0.880. The van der Waals surface area contributed by atoms with Gasteiger partial charge in [0.2, 0.25) is 0 Å². The molecule has 0 radical (unpaired) electrons. The van der Waals surface area contributed by atoms with Crippen LogP contribution in [0.4, 0.5) is 17.1 Å². The van der Waals surface area contributed by atoms with Crippen LogP contribution in [0.3, 0.4) is 0 Å². The Kier molecular flexibility index (Phi) is 9.20. The highest BCUT2D eigenvalue weighted by Gasteiger charge is 2.21. The normalized spacial score (nSPS) is 11.4. The summed E-state index contributed by atoms with van der Waals surface area (Å²) in [5.74, 6) is 0. The van der Waals surface area contributed by atoms with E-state index in [-0.39, 0.29) is 0 Å². The van der Waals surface area contributed by atoms with Gasteiger partial charge in [0.15, 0.2) is 0 Å². The van der Waals surface area contributed by atoms with Gasteiger partial charge >= 0.3 is 0 Å². The van der Waals surface area contributed by atoms with Crippen LogP contribution in [-0.4, -0.2) is 0 Å². The Labute approximate surface area is 372 Å². The Bertz CT molecular complexity index is 3640. The van der Waals surface area contributed by atoms with Gasteiger partial charge < -0.3 is 9.32 Å². The lowest BCUT2D eigenvalue weighted by molar-refractivity contribution is 0.669. The molecule has 0 unspecified atom stereocenters. The molecule has 0 atom stereocenters. The standard InChI is InChI=1S/C62H41NO/c1-3-18-50-44(14-1)16-11-24-51(50)46-32-30-42(31-33-46)43-34-38-48(39-35-43)63(59-27-9-7-22-56(59)57-26-13-29-61-62(57)58-23-8-10-28-60(58)64-61)49-40-36-47(37-41-49)53-20-5-6-21-54(53)55-25-12-17-45-15-2-4-19-52(45)55/h1-41H. The summed E-state index contributed by atoms with van der Waals surface area (Å²) in [7, 11) is 0. The van der Waals surface area contributed by atoms with Gasteiger partial charge in [-0.25, -0.2) is 0 Å². The SMILES string of the molecule is c1ccc(-c2cccc3ccccc23)c(-c2ccc(N(c3ccc(-c4ccc(-c5cccc6ccccc56)cc4)cc3)c3ccccc3-c3cccc4oc5ccccc5c34)cc2)c1. The Morgan fingerprint density at radius 3 is 1.38 bits per heavy atom. The summed E-state index contributed by atoms with van der Waals surface area (Å²) in [6, 6.07) is 89.6. The first-order valence-corrected chi connectivity index (χ1v) is 21.9. The number of benzene rings is 11. The first-order valence-electron chi connectivity index (χ1n) is 21.9. The van der Waals surface area contributed by atoms with E-state index in [2.05, 4.69) is 248 Å². The quantitative estimate of drug-likeness (QED) is 0.152. The van der Waals surface area contributed by atoms with Gasteiger partial charge in [-0.3, -0.25) is 0 Å². The zero-order valence-corrected chi connectivity index (χ0v) is 35.0. The van der Waals surface area contributed by atoms with Gasteiger partial charge in [-0.05, 0) is 114 Å². The van der Waals surface area contributed by atoms with Crippen molar-refractivity contribution in [1.29, 1.82) is 0 Å². The number of rotatable bonds is 8. The molecule has 0 saturated carbocycles. The largest absolute Gasteiger partial charge is 0.456 e. The molecule has 0 amide bonds. The zero-order valence-electron chi connectivity index (χ0n) is 35.0. The number of anilines is 3. The monoisotopic (exact) mass is 815 g/mol. The van der Waals surface area contributed by atoms with Crippen LogP contribution < -0.4 is 4.90 Å². The molecule has 0 saturated heterocycles. The Morgan fingerprint density at radius 1 is 0.250 bits per heavy atom. The Morgan fingerprint density at radius 2 is 0.672 bits per heavy atom. The maximum absolute atomic E-state index is 6.40. The lowest BCUT2D eigenvalue weighted by Crippen LogP contribution is -2.11. The maximum atomic E-state index is 6.40. The summed E-state index contributed by atoms with van der Waals surface area (Å²) in [4.78, 5) is 2.39. The number of furan rings is 1. The summed E-state index contributed by atoms with van der Waals surface area (Å²) in [6.45, 7) is 0. The van der Waals surface area contributed by atoms with Crippen LogP contribution in [0, 0.1) is 0 Å². The van der Waals surface area contributed by atoms with Gasteiger partial charge in [-0.1, -0.05) is 206 Å². The number of fused-ring (bicyclic) bond motifs is 5. The van der Waals surface area contributed by atoms with E-state index < -0.39 is 0 Å². The highest BCUT2D eigenvalue weighted by Crippen LogP contribution is 2.46. The van der Waals surface area contributed by atoms with E-state index >= 15 is 0 Å². The fourth-order valence-corrected chi connectivity index (χ4v) is 9.67. The molecule has 11 aromatic carbocycles. The van der Waals surface area contributed by atoms with Gasteiger partial charge in [0, 0.05) is 27.7 Å². The van der Waals surface area contributed by atoms with Crippen molar-refractivity contribution in [3.8, 4) is 55.6 Å². The first-order chi connectivity index (χ1) is 31.7. The molecule has 300 valence electrons. The molecule has 12 aromatic rings. The summed E-state index contributed by atoms with van der Waals surface area (Å²) < 4.78 is 6.40. The number of hydrogen-bond acceptors (Lipinski definition) is 2. The van der Waals surface area contributed by atoms with Crippen molar-refractivity contribution in [2.45, 2.75) is 0 Å². The fraction of sp³-hybridized carbons (Fsp3) is 0. The second-order valence-electron chi connectivity index (χ2n) is 16.4. The molecule has 0 bridgehead atoms. The molecule has 0 N–H and O–H groups in total. The summed E-state index contributed by atoms with van der Waals surface area (Å²) in [5, 5.41) is 7.24. The topological polar surface area (TPSA) is 16.4 Å². The van der Waals surface area contributed by atoms with E-state index in [0.29, 0.717) is 0 Å². The molecule has 0 aliphatic carbocycles. The molecular weight excluding hydrogens is 775 g/mol. The van der Waals surface area contributed by atoms with E-state index in [1.54, 1.807) is 0 Å². The zero-order chi connectivity index (χ0) is 42.4. The number of nitrogens with zero attached hydrogens (tertiary/aromatic N) is 1. The highest BCUT2D eigenvalue weighted by atomic mass is 16.3. The predicted molar refractivity (Wildman–Crippen MR) is 271 cm³/mol. The van der Waals surface area contributed by atoms with Crippen molar-refractivity contribution in [3.63, 3.8) is 0 Å². The van der Waals surface area contributed by atoms with E-state index in [0.717, 1.165) is 61.3 Å². The van der Waals surface area contributed by atoms with Crippen molar-refractivity contribution in [2.24, 2.45) is 0 Å². The second-order valence-corrected chi connectivity index (χ2v) is 16.4. The molecule has 64 heavy (non-hydrogen) atoms. The van der Waals surface area contributed by atoms with Crippen molar-refractivity contribution in [3.05, 3.63) is 249 Å². The van der Waals surface area contributed by atoms with Crippen LogP contribution >= 0.6 is 0 Å². The van der Waals surface area contributed by atoms with Gasteiger partial charge in [0.05, 0.1) is 5.69 Å². The van der Waals surface area contributed by atoms with Crippen LogP contribution in [0.2, 0.25) is 0 Å². The van der Waals surface area contributed by atoms with E-state index in [1.807, 2.05) is 6.07 Å². The molecular formula is C62H41NO.